The Hall–Kier alpha value is -2.97. The predicted molar refractivity (Wildman–Crippen MR) is 98.9 cm³/mol. The van der Waals surface area contributed by atoms with Crippen molar-refractivity contribution in [3.05, 3.63) is 64.9 Å². The average molecular weight is 391 g/mol. The number of anilines is 1. The monoisotopic (exact) mass is 390 g/mol. The molecule has 27 heavy (non-hydrogen) atoms. The van der Waals surface area contributed by atoms with E-state index in [0.29, 0.717) is 5.69 Å². The van der Waals surface area contributed by atoms with Crippen LogP contribution < -0.4 is 15.7 Å². The minimum atomic E-state index is -0.972. The highest BCUT2D eigenvalue weighted by molar-refractivity contribution is 6.34. The molecule has 0 atom stereocenters. The number of rotatable bonds is 2. The van der Waals surface area contributed by atoms with Crippen molar-refractivity contribution >= 4 is 35.2 Å². The Morgan fingerprint density at radius 2 is 1.85 bits per heavy atom. The van der Waals surface area contributed by atoms with Crippen LogP contribution in [0.1, 0.15) is 24.2 Å². The molecule has 9 heteroatoms. The molecule has 0 spiro atoms. The fourth-order valence-electron chi connectivity index (χ4n) is 2.42. The van der Waals surface area contributed by atoms with Gasteiger partial charge in [0.05, 0.1) is 16.3 Å². The largest absolute Gasteiger partial charge is 0.328 e. The first-order valence-electron chi connectivity index (χ1n) is 7.97. The van der Waals surface area contributed by atoms with Gasteiger partial charge >= 0.3 is 6.03 Å². The van der Waals surface area contributed by atoms with E-state index in [1.807, 2.05) is 11.4 Å². The summed E-state index contributed by atoms with van der Waals surface area (Å²) in [5.41, 5.74) is -0.707. The number of hydrogen-bond acceptors (Lipinski definition) is 5. The molecule has 3 rings (SSSR count). The summed E-state index contributed by atoms with van der Waals surface area (Å²) in [6.45, 7) is 3.42. The SMILES string of the molecule is CC1(C)N=C(NC(=O)NC(=O)c2c(F)cccc2Cl)N(c2ccccc2)O1. The third-order valence-electron chi connectivity index (χ3n) is 3.52. The topological polar surface area (TPSA) is 83.0 Å². The lowest BCUT2D eigenvalue weighted by Gasteiger charge is -2.21. The molecule has 140 valence electrons. The Morgan fingerprint density at radius 3 is 2.52 bits per heavy atom. The van der Waals surface area contributed by atoms with Gasteiger partial charge in [-0.1, -0.05) is 35.9 Å². The lowest BCUT2D eigenvalue weighted by molar-refractivity contribution is 0.0141. The number of hydroxylamine groups is 1. The highest BCUT2D eigenvalue weighted by atomic mass is 35.5. The van der Waals surface area contributed by atoms with Gasteiger partial charge in [-0.3, -0.25) is 15.4 Å². The zero-order chi connectivity index (χ0) is 19.6. The quantitative estimate of drug-likeness (QED) is 0.822. The molecule has 7 nitrogen and oxygen atoms in total. The first-order chi connectivity index (χ1) is 12.8. The van der Waals surface area contributed by atoms with Crippen LogP contribution in [0.5, 0.6) is 0 Å². The second-order valence-corrected chi connectivity index (χ2v) is 6.52. The van der Waals surface area contributed by atoms with Gasteiger partial charge in [-0.05, 0) is 38.1 Å². The van der Waals surface area contributed by atoms with E-state index >= 15 is 0 Å². The summed E-state index contributed by atoms with van der Waals surface area (Å²) < 4.78 is 13.8. The summed E-state index contributed by atoms with van der Waals surface area (Å²) in [6.07, 6.45) is 0. The van der Waals surface area contributed by atoms with E-state index in [9.17, 15) is 14.0 Å². The van der Waals surface area contributed by atoms with E-state index in [2.05, 4.69) is 10.3 Å². The molecule has 1 heterocycles. The number of halogens is 2. The lowest BCUT2D eigenvalue weighted by Crippen LogP contribution is -2.47. The Morgan fingerprint density at radius 1 is 1.15 bits per heavy atom. The number of nitrogens with zero attached hydrogens (tertiary/aromatic N) is 2. The van der Waals surface area contributed by atoms with Crippen molar-refractivity contribution < 1.29 is 18.8 Å². The smallest absolute Gasteiger partial charge is 0.276 e. The number of carbonyl (C=O) groups excluding carboxylic acids is 2. The normalized spacial score (nSPS) is 15.3. The maximum Gasteiger partial charge on any atom is 0.328 e. The summed E-state index contributed by atoms with van der Waals surface area (Å²) in [6, 6.07) is 11.8. The van der Waals surface area contributed by atoms with Crippen LogP contribution in [0.15, 0.2) is 53.5 Å². The number of imide groups is 1. The molecule has 0 saturated carbocycles. The number of para-hydroxylation sites is 1. The highest BCUT2D eigenvalue weighted by Gasteiger charge is 2.35. The van der Waals surface area contributed by atoms with Crippen LogP contribution in [0.2, 0.25) is 5.02 Å². The molecule has 1 aliphatic rings. The first kappa shape index (κ1) is 18.8. The van der Waals surface area contributed by atoms with E-state index in [4.69, 9.17) is 16.4 Å². The number of carbonyl (C=O) groups is 2. The molecule has 0 fully saturated rings. The van der Waals surface area contributed by atoms with Crippen molar-refractivity contribution in [3.63, 3.8) is 0 Å². The molecule has 0 radical (unpaired) electrons. The zero-order valence-corrected chi connectivity index (χ0v) is 15.2. The zero-order valence-electron chi connectivity index (χ0n) is 14.5. The van der Waals surface area contributed by atoms with Gasteiger partial charge in [0, 0.05) is 0 Å². The molecule has 1 aliphatic heterocycles. The van der Waals surface area contributed by atoms with Crippen molar-refractivity contribution in [2.75, 3.05) is 5.06 Å². The van der Waals surface area contributed by atoms with Crippen LogP contribution in [0.25, 0.3) is 0 Å². The molecule has 0 aromatic heterocycles. The van der Waals surface area contributed by atoms with Crippen LogP contribution in [0.4, 0.5) is 14.9 Å². The maximum atomic E-state index is 13.8. The van der Waals surface area contributed by atoms with Crippen molar-refractivity contribution in [2.45, 2.75) is 19.6 Å². The van der Waals surface area contributed by atoms with E-state index in [1.165, 1.54) is 17.2 Å². The van der Waals surface area contributed by atoms with Crippen molar-refractivity contribution in [2.24, 2.45) is 4.99 Å². The van der Waals surface area contributed by atoms with Crippen LogP contribution >= 0.6 is 11.6 Å². The third-order valence-corrected chi connectivity index (χ3v) is 3.83. The Labute approximate surface area is 159 Å². The summed E-state index contributed by atoms with van der Waals surface area (Å²) >= 11 is 5.83. The molecule has 2 aromatic rings. The molecule has 2 aromatic carbocycles. The molecule has 0 saturated heterocycles. The fraction of sp³-hybridized carbons (Fsp3) is 0.167. The number of guanidine groups is 1. The molecule has 0 unspecified atom stereocenters. The average Bonchev–Trinajstić information content (AvgIpc) is 2.89. The number of hydrogen-bond donors (Lipinski definition) is 2. The third kappa shape index (κ3) is 4.24. The number of urea groups is 1. The van der Waals surface area contributed by atoms with E-state index in [0.717, 1.165) is 6.07 Å². The van der Waals surface area contributed by atoms with Gasteiger partial charge in [0.15, 0.2) is 5.72 Å². The lowest BCUT2D eigenvalue weighted by atomic mass is 10.2. The number of benzene rings is 2. The standard InChI is InChI=1S/C18H16ClFN4O3/c1-18(2)23-16(24(27-18)11-7-4-3-5-8-11)22-17(26)21-15(25)14-12(19)9-6-10-13(14)20/h3-10H,1-2H3,(H2,21,22,23,25,26). The summed E-state index contributed by atoms with van der Waals surface area (Å²) in [5.74, 6) is -1.72. The van der Waals surface area contributed by atoms with Gasteiger partial charge in [-0.15, -0.1) is 0 Å². The summed E-state index contributed by atoms with van der Waals surface area (Å²) in [5, 5.41) is 5.70. The minimum absolute atomic E-state index is 0.0798. The van der Waals surface area contributed by atoms with Crippen molar-refractivity contribution in [1.82, 2.24) is 10.6 Å². The van der Waals surface area contributed by atoms with Crippen LogP contribution in [-0.4, -0.2) is 23.6 Å². The van der Waals surface area contributed by atoms with Crippen LogP contribution in [0.3, 0.4) is 0 Å². The van der Waals surface area contributed by atoms with Gasteiger partial charge in [0.25, 0.3) is 5.91 Å². The minimum Gasteiger partial charge on any atom is -0.276 e. The Kier molecular flexibility index (Phi) is 5.11. The molecule has 0 aliphatic carbocycles. The van der Waals surface area contributed by atoms with Crippen LogP contribution in [-0.2, 0) is 4.84 Å². The van der Waals surface area contributed by atoms with Gasteiger partial charge in [-0.25, -0.2) is 19.0 Å². The number of amides is 3. The molecule has 0 bridgehead atoms. The van der Waals surface area contributed by atoms with Gasteiger partial charge in [0.1, 0.15) is 5.82 Å². The molecule has 3 amide bonds. The molecular formula is C18H16ClFN4O3. The highest BCUT2D eigenvalue weighted by Crippen LogP contribution is 2.26. The molecular weight excluding hydrogens is 375 g/mol. The predicted octanol–water partition coefficient (Wildman–Crippen LogP) is 3.46. The van der Waals surface area contributed by atoms with Crippen molar-refractivity contribution in [1.29, 1.82) is 0 Å². The van der Waals surface area contributed by atoms with Crippen molar-refractivity contribution in [3.8, 4) is 0 Å². The van der Waals surface area contributed by atoms with Crippen LogP contribution in [0, 0.1) is 5.82 Å². The molecule has 2 N–H and O–H groups in total. The van der Waals surface area contributed by atoms with E-state index in [1.54, 1.807) is 38.1 Å². The second kappa shape index (κ2) is 7.34. The Balaban J connectivity index is 1.75. The number of aliphatic imine (C=N–C) groups is 1. The first-order valence-corrected chi connectivity index (χ1v) is 8.35. The van der Waals surface area contributed by atoms with Gasteiger partial charge < -0.3 is 0 Å². The van der Waals surface area contributed by atoms with Gasteiger partial charge in [0.2, 0.25) is 5.96 Å². The second-order valence-electron chi connectivity index (χ2n) is 6.11. The maximum absolute atomic E-state index is 13.8. The van der Waals surface area contributed by atoms with E-state index < -0.39 is 29.0 Å². The Bertz CT molecular complexity index is 898. The van der Waals surface area contributed by atoms with Gasteiger partial charge in [-0.2, -0.15) is 5.06 Å². The van der Waals surface area contributed by atoms with E-state index in [-0.39, 0.29) is 11.0 Å². The fourth-order valence-corrected chi connectivity index (χ4v) is 2.67. The summed E-state index contributed by atoms with van der Waals surface area (Å²) in [4.78, 5) is 34.4. The number of nitrogens with one attached hydrogen (secondary N) is 2. The summed E-state index contributed by atoms with van der Waals surface area (Å²) in [7, 11) is 0.